The first-order valence-corrected chi connectivity index (χ1v) is 11.4. The van der Waals surface area contributed by atoms with E-state index in [0.29, 0.717) is 39.4 Å². The quantitative estimate of drug-likeness (QED) is 0.149. The summed E-state index contributed by atoms with van der Waals surface area (Å²) in [5.74, 6) is 0.764. The second kappa shape index (κ2) is 11.4. The third-order valence-electron chi connectivity index (χ3n) is 4.30. The fourth-order valence-electron chi connectivity index (χ4n) is 2.78. The molecule has 9 heteroatoms. The molecule has 1 amide bonds. The highest BCUT2D eigenvalue weighted by Gasteiger charge is 2.13. The second-order valence-electron chi connectivity index (χ2n) is 6.57. The fourth-order valence-corrected chi connectivity index (χ4v) is 4.03. The first kappa shape index (κ1) is 24.2. The van der Waals surface area contributed by atoms with Crippen LogP contribution in [0.3, 0.4) is 0 Å². The summed E-state index contributed by atoms with van der Waals surface area (Å²) < 4.78 is 12.6. The molecule has 0 unspecified atom stereocenters. The zero-order valence-corrected chi connectivity index (χ0v) is 20.7. The molecule has 0 saturated carbocycles. The number of para-hydroxylation sites is 1. The molecule has 0 aliphatic rings. The van der Waals surface area contributed by atoms with E-state index in [2.05, 4.69) is 33.1 Å². The van der Waals surface area contributed by atoms with E-state index in [1.165, 1.54) is 6.21 Å². The Bertz CT molecular complexity index is 1160. The summed E-state index contributed by atoms with van der Waals surface area (Å²) in [6, 6.07) is 15.7. The molecule has 0 heterocycles. The average Bonchev–Trinajstić information content (AvgIpc) is 2.75. The predicted molar refractivity (Wildman–Crippen MR) is 137 cm³/mol. The van der Waals surface area contributed by atoms with Gasteiger partial charge in [0, 0.05) is 21.3 Å². The van der Waals surface area contributed by atoms with E-state index < -0.39 is 0 Å². The van der Waals surface area contributed by atoms with Gasteiger partial charge in [-0.2, -0.15) is 5.10 Å². The minimum Gasteiger partial charge on any atom is -0.490 e. The molecule has 0 fully saturated rings. The summed E-state index contributed by atoms with van der Waals surface area (Å²) in [6.45, 7) is 2.60. The number of halogens is 3. The van der Waals surface area contributed by atoms with Crippen molar-refractivity contribution >= 4 is 63.6 Å². The number of hydrogen-bond donors (Lipinski definition) is 2. The lowest BCUT2D eigenvalue weighted by Crippen LogP contribution is -2.19. The van der Waals surface area contributed by atoms with Crippen LogP contribution < -0.4 is 20.6 Å². The molecule has 6 nitrogen and oxygen atoms in total. The maximum absolute atomic E-state index is 12.2. The van der Waals surface area contributed by atoms with Crippen LogP contribution in [0.1, 0.15) is 28.4 Å². The SMILES string of the molecule is CCOc1cc(/C=N\NC(=O)c2ccccc2N)cc(I)c1OCc1ccc(Cl)cc1Cl. The van der Waals surface area contributed by atoms with Crippen LogP contribution in [0.25, 0.3) is 0 Å². The van der Waals surface area contributed by atoms with Crippen molar-refractivity contribution in [3.63, 3.8) is 0 Å². The van der Waals surface area contributed by atoms with Crippen molar-refractivity contribution in [2.45, 2.75) is 13.5 Å². The molecule has 3 N–H and O–H groups in total. The van der Waals surface area contributed by atoms with Crippen molar-refractivity contribution in [2.24, 2.45) is 5.10 Å². The molecule has 0 aliphatic carbocycles. The van der Waals surface area contributed by atoms with Gasteiger partial charge in [0.15, 0.2) is 11.5 Å². The first-order valence-electron chi connectivity index (χ1n) is 9.60. The topological polar surface area (TPSA) is 85.9 Å². The van der Waals surface area contributed by atoms with E-state index in [1.54, 1.807) is 42.5 Å². The molecule has 3 rings (SSSR count). The number of anilines is 1. The number of hydrogen-bond acceptors (Lipinski definition) is 5. The number of benzene rings is 3. The molecule has 0 atom stereocenters. The number of carbonyl (C=O) groups is 1. The van der Waals surface area contributed by atoms with Gasteiger partial charge in [-0.1, -0.05) is 41.4 Å². The van der Waals surface area contributed by atoms with Crippen molar-refractivity contribution in [2.75, 3.05) is 12.3 Å². The van der Waals surface area contributed by atoms with Crippen molar-refractivity contribution in [3.8, 4) is 11.5 Å². The summed E-state index contributed by atoms with van der Waals surface area (Å²) in [5, 5.41) is 5.13. The zero-order chi connectivity index (χ0) is 23.1. The number of nitrogens with one attached hydrogen (secondary N) is 1. The third kappa shape index (κ3) is 6.27. The number of nitrogen functional groups attached to an aromatic ring is 1. The molecule has 0 aromatic heterocycles. The molecular weight excluding hydrogens is 564 g/mol. The maximum Gasteiger partial charge on any atom is 0.273 e. The van der Waals surface area contributed by atoms with Crippen LogP contribution in [0, 0.1) is 3.57 Å². The molecule has 3 aromatic carbocycles. The highest BCUT2D eigenvalue weighted by molar-refractivity contribution is 14.1. The molecular formula is C23H20Cl2IN3O3. The molecule has 3 aromatic rings. The highest BCUT2D eigenvalue weighted by atomic mass is 127. The highest BCUT2D eigenvalue weighted by Crippen LogP contribution is 2.35. The largest absolute Gasteiger partial charge is 0.490 e. The average molecular weight is 584 g/mol. The molecule has 0 saturated heterocycles. The number of amides is 1. The van der Waals surface area contributed by atoms with Crippen LogP contribution in [-0.2, 0) is 6.61 Å². The Labute approximate surface area is 209 Å². The summed E-state index contributed by atoms with van der Waals surface area (Å²) in [4.78, 5) is 12.2. The van der Waals surface area contributed by atoms with Gasteiger partial charge >= 0.3 is 0 Å². The van der Waals surface area contributed by atoms with Gasteiger partial charge in [0.25, 0.3) is 5.91 Å². The van der Waals surface area contributed by atoms with Crippen molar-refractivity contribution in [1.29, 1.82) is 0 Å². The Morgan fingerprint density at radius 3 is 2.66 bits per heavy atom. The van der Waals surface area contributed by atoms with Gasteiger partial charge in [-0.05, 0) is 71.5 Å². The van der Waals surface area contributed by atoms with Gasteiger partial charge in [0.1, 0.15) is 6.61 Å². The van der Waals surface area contributed by atoms with Crippen molar-refractivity contribution in [3.05, 3.63) is 84.9 Å². The number of ether oxygens (including phenoxy) is 2. The van der Waals surface area contributed by atoms with E-state index in [9.17, 15) is 4.79 Å². The van der Waals surface area contributed by atoms with Crippen LogP contribution in [0.2, 0.25) is 10.0 Å². The lowest BCUT2D eigenvalue weighted by atomic mass is 10.2. The van der Waals surface area contributed by atoms with Gasteiger partial charge in [-0.3, -0.25) is 4.79 Å². The van der Waals surface area contributed by atoms with Crippen molar-refractivity contribution < 1.29 is 14.3 Å². The summed E-state index contributed by atoms with van der Waals surface area (Å²) in [7, 11) is 0. The number of carbonyl (C=O) groups excluding carboxylic acids is 1. The van der Waals surface area contributed by atoms with Crippen LogP contribution in [0.5, 0.6) is 11.5 Å². The Morgan fingerprint density at radius 2 is 1.94 bits per heavy atom. The lowest BCUT2D eigenvalue weighted by molar-refractivity contribution is 0.0956. The number of rotatable bonds is 8. The second-order valence-corrected chi connectivity index (χ2v) is 8.58. The Hall–Kier alpha value is -2.49. The minimum atomic E-state index is -0.390. The molecule has 0 aliphatic heterocycles. The zero-order valence-electron chi connectivity index (χ0n) is 17.1. The monoisotopic (exact) mass is 583 g/mol. The molecule has 0 radical (unpaired) electrons. The molecule has 0 spiro atoms. The van der Waals surface area contributed by atoms with E-state index in [4.69, 9.17) is 38.4 Å². The standard InChI is InChI=1S/C23H20Cl2IN3O3/c1-2-31-21-10-14(12-28-29-23(30)17-5-3-4-6-20(17)27)9-19(26)22(21)32-13-15-7-8-16(24)11-18(15)25/h3-12H,2,13,27H2,1H3,(H,29,30)/b28-12-. The Morgan fingerprint density at radius 1 is 1.16 bits per heavy atom. The fraction of sp³-hybridized carbons (Fsp3) is 0.130. The normalized spacial score (nSPS) is 10.9. The molecule has 0 bridgehead atoms. The minimum absolute atomic E-state index is 0.258. The van der Waals surface area contributed by atoms with Crippen LogP contribution in [-0.4, -0.2) is 18.7 Å². The Balaban J connectivity index is 1.75. The van der Waals surface area contributed by atoms with Gasteiger partial charge in [0.2, 0.25) is 0 Å². The van der Waals surface area contributed by atoms with Gasteiger partial charge in [-0.15, -0.1) is 0 Å². The number of hydrazone groups is 1. The lowest BCUT2D eigenvalue weighted by Gasteiger charge is -2.15. The van der Waals surface area contributed by atoms with Gasteiger partial charge in [0.05, 0.1) is 22.0 Å². The van der Waals surface area contributed by atoms with Crippen LogP contribution in [0.4, 0.5) is 5.69 Å². The first-order chi connectivity index (χ1) is 15.4. The van der Waals surface area contributed by atoms with Crippen LogP contribution in [0.15, 0.2) is 59.7 Å². The molecule has 166 valence electrons. The van der Waals surface area contributed by atoms with Crippen molar-refractivity contribution in [1.82, 2.24) is 5.43 Å². The smallest absolute Gasteiger partial charge is 0.273 e. The van der Waals surface area contributed by atoms with E-state index in [-0.39, 0.29) is 12.5 Å². The maximum atomic E-state index is 12.2. The summed E-state index contributed by atoms with van der Waals surface area (Å²) >= 11 is 14.4. The third-order valence-corrected chi connectivity index (χ3v) is 5.69. The van der Waals surface area contributed by atoms with E-state index in [1.807, 2.05) is 19.1 Å². The Kier molecular flexibility index (Phi) is 8.60. The molecule has 32 heavy (non-hydrogen) atoms. The van der Waals surface area contributed by atoms with Crippen LogP contribution >= 0.6 is 45.8 Å². The van der Waals surface area contributed by atoms with E-state index in [0.717, 1.165) is 14.7 Å². The van der Waals surface area contributed by atoms with Gasteiger partial charge < -0.3 is 15.2 Å². The van der Waals surface area contributed by atoms with Gasteiger partial charge in [-0.25, -0.2) is 5.43 Å². The summed E-state index contributed by atoms with van der Waals surface area (Å²) in [5.41, 5.74) is 10.6. The number of nitrogens with two attached hydrogens (primary N) is 1. The summed E-state index contributed by atoms with van der Waals surface area (Å²) in [6.07, 6.45) is 1.53. The van der Waals surface area contributed by atoms with E-state index >= 15 is 0 Å². The number of nitrogens with zero attached hydrogens (tertiary/aromatic N) is 1. The predicted octanol–water partition coefficient (Wildman–Crippen LogP) is 5.92.